The first-order chi connectivity index (χ1) is 9.24. The predicted molar refractivity (Wildman–Crippen MR) is 70.7 cm³/mol. The maximum absolute atomic E-state index is 13.0. The van der Waals surface area contributed by atoms with Crippen molar-refractivity contribution in [3.05, 3.63) is 70.5 Å². The van der Waals surface area contributed by atoms with Crippen molar-refractivity contribution in [1.29, 1.82) is 0 Å². The van der Waals surface area contributed by atoms with Crippen molar-refractivity contribution in [2.24, 2.45) is 0 Å². The Kier molecular flexibility index (Phi) is 4.30. The zero-order valence-electron chi connectivity index (χ0n) is 10.2. The molecule has 0 aromatic heterocycles. The van der Waals surface area contributed by atoms with Crippen LogP contribution in [-0.4, -0.2) is 10.2 Å². The molecule has 0 radical (unpaired) electrons. The molecule has 96 valence electrons. The first-order valence-electron chi connectivity index (χ1n) is 5.84. The minimum Gasteiger partial charge on any atom is -0.392 e. The average molecular weight is 256 g/mol. The largest absolute Gasteiger partial charge is 0.392 e. The van der Waals surface area contributed by atoms with Crippen LogP contribution in [-0.2, 0) is 13.2 Å². The van der Waals surface area contributed by atoms with Crippen LogP contribution in [0.15, 0.2) is 42.5 Å². The molecule has 0 saturated carbocycles. The number of aliphatic hydroxyl groups excluding tert-OH is 2. The molecule has 0 aliphatic rings. The molecule has 0 unspecified atom stereocenters. The van der Waals surface area contributed by atoms with Gasteiger partial charge in [0.1, 0.15) is 5.82 Å². The van der Waals surface area contributed by atoms with Crippen LogP contribution in [0, 0.1) is 17.7 Å². The van der Waals surface area contributed by atoms with E-state index in [1.165, 1.54) is 18.2 Å². The Hall–Kier alpha value is -2.15. The lowest BCUT2D eigenvalue weighted by Gasteiger charge is -2.01. The van der Waals surface area contributed by atoms with E-state index in [0.29, 0.717) is 11.1 Å². The SMILES string of the molecule is OCc1ccccc1C#Cc1ccc(F)cc1CO. The van der Waals surface area contributed by atoms with Gasteiger partial charge in [0, 0.05) is 11.1 Å². The van der Waals surface area contributed by atoms with Crippen LogP contribution in [0.3, 0.4) is 0 Å². The Morgan fingerprint density at radius 2 is 1.47 bits per heavy atom. The van der Waals surface area contributed by atoms with E-state index >= 15 is 0 Å². The van der Waals surface area contributed by atoms with Crippen LogP contribution in [0.5, 0.6) is 0 Å². The molecule has 2 N–H and O–H groups in total. The maximum atomic E-state index is 13.0. The summed E-state index contributed by atoms with van der Waals surface area (Å²) in [5, 5.41) is 18.4. The molecule has 0 aliphatic carbocycles. The molecule has 0 spiro atoms. The molecule has 2 aromatic carbocycles. The molecule has 0 aliphatic heterocycles. The Morgan fingerprint density at radius 3 is 2.16 bits per heavy atom. The highest BCUT2D eigenvalue weighted by molar-refractivity contribution is 5.48. The Morgan fingerprint density at radius 1 is 0.842 bits per heavy atom. The molecule has 0 heterocycles. The van der Waals surface area contributed by atoms with Gasteiger partial charge in [-0.3, -0.25) is 0 Å². The third-order valence-corrected chi connectivity index (χ3v) is 2.76. The van der Waals surface area contributed by atoms with E-state index in [2.05, 4.69) is 11.8 Å². The summed E-state index contributed by atoms with van der Waals surface area (Å²) in [7, 11) is 0. The molecule has 0 fully saturated rings. The molecule has 19 heavy (non-hydrogen) atoms. The van der Waals surface area contributed by atoms with Crippen molar-refractivity contribution in [2.45, 2.75) is 13.2 Å². The van der Waals surface area contributed by atoms with E-state index in [-0.39, 0.29) is 13.2 Å². The molecule has 3 heteroatoms. The van der Waals surface area contributed by atoms with Crippen molar-refractivity contribution in [3.8, 4) is 11.8 Å². The lowest BCUT2D eigenvalue weighted by Crippen LogP contribution is -1.92. The fraction of sp³-hybridized carbons (Fsp3) is 0.125. The highest BCUT2D eigenvalue weighted by Crippen LogP contribution is 2.12. The molecule has 0 saturated heterocycles. The number of halogens is 1. The molecule has 0 bridgehead atoms. The molecular weight excluding hydrogens is 243 g/mol. The number of rotatable bonds is 2. The molecule has 0 amide bonds. The molecular formula is C16H13FO2. The first-order valence-corrected chi connectivity index (χ1v) is 5.84. The molecule has 0 atom stereocenters. The zero-order chi connectivity index (χ0) is 13.7. The third kappa shape index (κ3) is 3.19. The monoisotopic (exact) mass is 256 g/mol. The van der Waals surface area contributed by atoms with E-state index in [9.17, 15) is 9.50 Å². The van der Waals surface area contributed by atoms with Gasteiger partial charge in [0.25, 0.3) is 0 Å². The van der Waals surface area contributed by atoms with Crippen LogP contribution in [0.1, 0.15) is 22.3 Å². The van der Waals surface area contributed by atoms with E-state index in [4.69, 9.17) is 5.11 Å². The van der Waals surface area contributed by atoms with Gasteiger partial charge in [0.15, 0.2) is 0 Å². The topological polar surface area (TPSA) is 40.5 Å². The Balaban J connectivity index is 2.39. The maximum Gasteiger partial charge on any atom is 0.123 e. The summed E-state index contributed by atoms with van der Waals surface area (Å²) in [5.74, 6) is 5.43. The number of benzene rings is 2. The summed E-state index contributed by atoms with van der Waals surface area (Å²) in [6.45, 7) is -0.343. The Bertz CT molecular complexity index is 639. The molecule has 2 nitrogen and oxygen atoms in total. The Labute approximate surface area is 111 Å². The van der Waals surface area contributed by atoms with E-state index in [1.54, 1.807) is 12.1 Å². The van der Waals surface area contributed by atoms with Gasteiger partial charge in [0.05, 0.1) is 13.2 Å². The predicted octanol–water partition coefficient (Wildman–Crippen LogP) is 2.21. The second kappa shape index (κ2) is 6.14. The quantitative estimate of drug-likeness (QED) is 0.809. The van der Waals surface area contributed by atoms with Crippen LogP contribution < -0.4 is 0 Å². The third-order valence-electron chi connectivity index (χ3n) is 2.76. The molecule has 2 rings (SSSR count). The van der Waals surface area contributed by atoms with Gasteiger partial charge in [-0.2, -0.15) is 0 Å². The smallest absolute Gasteiger partial charge is 0.123 e. The van der Waals surface area contributed by atoms with Crippen LogP contribution >= 0.6 is 0 Å². The van der Waals surface area contributed by atoms with E-state index < -0.39 is 5.82 Å². The van der Waals surface area contributed by atoms with Gasteiger partial charge >= 0.3 is 0 Å². The highest BCUT2D eigenvalue weighted by atomic mass is 19.1. The van der Waals surface area contributed by atoms with Gasteiger partial charge < -0.3 is 10.2 Å². The summed E-state index contributed by atoms with van der Waals surface area (Å²) in [4.78, 5) is 0. The lowest BCUT2D eigenvalue weighted by molar-refractivity contribution is 0.280. The van der Waals surface area contributed by atoms with Crippen molar-refractivity contribution in [3.63, 3.8) is 0 Å². The van der Waals surface area contributed by atoms with Crippen LogP contribution in [0.2, 0.25) is 0 Å². The second-order valence-corrected chi connectivity index (χ2v) is 4.02. The molecule has 2 aromatic rings. The van der Waals surface area contributed by atoms with Crippen molar-refractivity contribution in [2.75, 3.05) is 0 Å². The second-order valence-electron chi connectivity index (χ2n) is 4.02. The minimum atomic E-state index is -0.398. The lowest BCUT2D eigenvalue weighted by atomic mass is 10.1. The fourth-order valence-corrected chi connectivity index (χ4v) is 1.73. The van der Waals surface area contributed by atoms with Crippen molar-refractivity contribution < 1.29 is 14.6 Å². The summed E-state index contributed by atoms with van der Waals surface area (Å²) in [5.41, 5.74) is 2.49. The van der Waals surface area contributed by atoms with Gasteiger partial charge in [-0.1, -0.05) is 30.0 Å². The highest BCUT2D eigenvalue weighted by Gasteiger charge is 2.01. The summed E-state index contributed by atoms with van der Waals surface area (Å²) >= 11 is 0. The summed E-state index contributed by atoms with van der Waals surface area (Å²) in [6, 6.07) is 11.4. The first kappa shape index (κ1) is 13.3. The summed E-state index contributed by atoms with van der Waals surface area (Å²) < 4.78 is 13.0. The standard InChI is InChI=1S/C16H13FO2/c17-16-8-7-13(15(9-16)11-19)6-5-12-3-1-2-4-14(12)10-18/h1-4,7-9,18-19H,10-11H2. The normalized spacial score (nSPS) is 9.84. The number of hydrogen-bond acceptors (Lipinski definition) is 2. The van der Waals surface area contributed by atoms with Crippen molar-refractivity contribution >= 4 is 0 Å². The van der Waals surface area contributed by atoms with E-state index in [0.717, 1.165) is 11.1 Å². The number of hydrogen-bond donors (Lipinski definition) is 2. The van der Waals surface area contributed by atoms with Crippen LogP contribution in [0.25, 0.3) is 0 Å². The van der Waals surface area contributed by atoms with Gasteiger partial charge in [0.2, 0.25) is 0 Å². The van der Waals surface area contributed by atoms with Gasteiger partial charge in [-0.25, -0.2) is 4.39 Å². The van der Waals surface area contributed by atoms with Crippen LogP contribution in [0.4, 0.5) is 4.39 Å². The van der Waals surface area contributed by atoms with Gasteiger partial charge in [-0.05, 0) is 35.4 Å². The zero-order valence-corrected chi connectivity index (χ0v) is 10.2. The fourth-order valence-electron chi connectivity index (χ4n) is 1.73. The minimum absolute atomic E-state index is 0.0822. The average Bonchev–Trinajstić information content (AvgIpc) is 2.46. The van der Waals surface area contributed by atoms with Crippen molar-refractivity contribution in [1.82, 2.24) is 0 Å². The van der Waals surface area contributed by atoms with E-state index in [1.807, 2.05) is 12.1 Å². The summed E-state index contributed by atoms with van der Waals surface area (Å²) in [6.07, 6.45) is 0. The number of aliphatic hydroxyl groups is 2. The van der Waals surface area contributed by atoms with Gasteiger partial charge in [-0.15, -0.1) is 0 Å².